The molecule has 0 bridgehead atoms. The van der Waals surface area contributed by atoms with Gasteiger partial charge in [0, 0.05) is 12.0 Å². The van der Waals surface area contributed by atoms with Gasteiger partial charge in [-0.05, 0) is 36.5 Å². The first kappa shape index (κ1) is 17.8. The van der Waals surface area contributed by atoms with Crippen LogP contribution in [0.2, 0.25) is 0 Å². The second-order valence-electron chi connectivity index (χ2n) is 6.64. The molecule has 1 aromatic rings. The van der Waals surface area contributed by atoms with E-state index in [0.29, 0.717) is 16.6 Å². The topological polar surface area (TPSA) is 51.0 Å². The number of nitrogens with zero attached hydrogens (tertiary/aromatic N) is 1. The lowest BCUT2D eigenvalue weighted by molar-refractivity contribution is -0.251. The number of oxime groups is 1. The van der Waals surface area contributed by atoms with Crippen LogP contribution in [0.25, 0.3) is 0 Å². The Hall–Kier alpha value is -2.06. The van der Waals surface area contributed by atoms with Crippen molar-refractivity contribution in [1.82, 2.24) is 0 Å². The van der Waals surface area contributed by atoms with E-state index in [0.717, 1.165) is 6.08 Å². The Labute approximate surface area is 143 Å². The molecule has 4 nitrogen and oxygen atoms in total. The van der Waals surface area contributed by atoms with Gasteiger partial charge in [-0.2, -0.15) is 13.2 Å². The van der Waals surface area contributed by atoms with E-state index in [1.165, 1.54) is 0 Å². The quantitative estimate of drug-likeness (QED) is 0.673. The summed E-state index contributed by atoms with van der Waals surface area (Å²) in [6.07, 6.45) is -4.15. The number of alkyl halides is 3. The molecule has 0 aromatic heterocycles. The molecular formula is C17H17BF3NO3. The summed E-state index contributed by atoms with van der Waals surface area (Å²) in [5.41, 5.74) is -1.73. The second kappa shape index (κ2) is 5.47. The van der Waals surface area contributed by atoms with Gasteiger partial charge in [0.05, 0.1) is 11.3 Å². The maximum absolute atomic E-state index is 13.6. The number of hydrogen-bond acceptors (Lipinski definition) is 4. The van der Waals surface area contributed by atoms with Gasteiger partial charge in [0.25, 0.3) is 5.60 Å². The van der Waals surface area contributed by atoms with Gasteiger partial charge in [0.2, 0.25) is 0 Å². The van der Waals surface area contributed by atoms with E-state index in [-0.39, 0.29) is 11.3 Å². The summed E-state index contributed by atoms with van der Waals surface area (Å²) >= 11 is 0. The summed E-state index contributed by atoms with van der Waals surface area (Å²) in [7, 11) is -1.06. The Morgan fingerprint density at radius 2 is 2.08 bits per heavy atom. The van der Waals surface area contributed by atoms with Gasteiger partial charge < -0.3 is 14.5 Å². The molecule has 132 valence electrons. The van der Waals surface area contributed by atoms with Gasteiger partial charge in [0.15, 0.2) is 0 Å². The van der Waals surface area contributed by atoms with Gasteiger partial charge in [-0.15, -0.1) is 0 Å². The van der Waals surface area contributed by atoms with Crippen LogP contribution in [0.5, 0.6) is 0 Å². The lowest BCUT2D eigenvalue weighted by Gasteiger charge is -2.29. The minimum absolute atomic E-state index is 0.153. The third-order valence-electron chi connectivity index (χ3n) is 4.66. The first-order valence-corrected chi connectivity index (χ1v) is 7.66. The van der Waals surface area contributed by atoms with Gasteiger partial charge in [-0.25, -0.2) is 0 Å². The summed E-state index contributed by atoms with van der Waals surface area (Å²) in [4.78, 5) is 4.83. The van der Waals surface area contributed by atoms with E-state index in [1.54, 1.807) is 32.0 Å². The van der Waals surface area contributed by atoms with Crippen molar-refractivity contribution in [2.24, 2.45) is 5.16 Å². The number of rotatable bonds is 3. The third-order valence-corrected chi connectivity index (χ3v) is 4.66. The van der Waals surface area contributed by atoms with E-state index in [4.69, 9.17) is 9.49 Å². The van der Waals surface area contributed by atoms with Crippen LogP contribution in [0.4, 0.5) is 13.2 Å². The molecule has 25 heavy (non-hydrogen) atoms. The molecule has 0 spiro atoms. The Morgan fingerprint density at radius 3 is 2.68 bits per heavy atom. The summed E-state index contributed by atoms with van der Waals surface area (Å²) in [5, 5.41) is 13.6. The number of fused-ring (bicyclic) bond motifs is 1. The van der Waals surface area contributed by atoms with Crippen LogP contribution in [0, 0.1) is 0 Å². The third kappa shape index (κ3) is 2.60. The molecule has 0 fully saturated rings. The number of hydrogen-bond donors (Lipinski definition) is 1. The maximum Gasteiger partial charge on any atom is 0.492 e. The average Bonchev–Trinajstić information content (AvgIpc) is 3.07. The lowest BCUT2D eigenvalue weighted by Crippen LogP contribution is -2.46. The SMILES string of the molecule is C=CC(=C)[C@@]1(C(F)(F)F)CC(c2ccc3c(c2)C(C)(C)OB3O)=NO1. The zero-order valence-corrected chi connectivity index (χ0v) is 13.9. The van der Waals surface area contributed by atoms with Crippen LogP contribution in [-0.4, -0.2) is 29.6 Å². The monoisotopic (exact) mass is 351 g/mol. The highest BCUT2D eigenvalue weighted by Gasteiger charge is 2.62. The van der Waals surface area contributed by atoms with Gasteiger partial charge in [-0.1, -0.05) is 36.5 Å². The van der Waals surface area contributed by atoms with Crippen LogP contribution >= 0.6 is 0 Å². The Bertz CT molecular complexity index is 788. The summed E-state index contributed by atoms with van der Waals surface area (Å²) in [5.74, 6) is 0. The highest BCUT2D eigenvalue weighted by atomic mass is 19.4. The fraction of sp³-hybridized carbons (Fsp3) is 0.353. The van der Waals surface area contributed by atoms with Gasteiger partial charge >= 0.3 is 13.3 Å². The van der Waals surface area contributed by atoms with Crippen molar-refractivity contribution in [2.75, 3.05) is 0 Å². The van der Waals surface area contributed by atoms with Crippen molar-refractivity contribution >= 4 is 18.3 Å². The van der Waals surface area contributed by atoms with Crippen LogP contribution in [-0.2, 0) is 15.1 Å². The summed E-state index contributed by atoms with van der Waals surface area (Å²) in [6.45, 7) is 10.3. The van der Waals surface area contributed by atoms with E-state index in [2.05, 4.69) is 18.3 Å². The average molecular weight is 351 g/mol. The predicted octanol–water partition coefficient (Wildman–Crippen LogP) is 2.81. The number of halogens is 3. The van der Waals surface area contributed by atoms with Crippen LogP contribution < -0.4 is 5.46 Å². The predicted molar refractivity (Wildman–Crippen MR) is 88.5 cm³/mol. The summed E-state index contributed by atoms with van der Waals surface area (Å²) in [6, 6.07) is 4.90. The summed E-state index contributed by atoms with van der Waals surface area (Å²) < 4.78 is 46.2. The molecule has 3 rings (SSSR count). The molecule has 0 aliphatic carbocycles. The molecule has 1 atom stereocenters. The van der Waals surface area contributed by atoms with Crippen molar-refractivity contribution < 1.29 is 27.7 Å². The fourth-order valence-electron chi connectivity index (χ4n) is 3.14. The molecule has 0 radical (unpaired) electrons. The van der Waals surface area contributed by atoms with Gasteiger partial charge in [-0.3, -0.25) is 0 Å². The standard InChI is InChI=1S/C17H17BF3NO3/c1-5-10(2)16(17(19,20)21)9-14(22-25-16)11-6-7-13-12(8-11)15(3,4)24-18(13)23/h5-8,23H,1-2,9H2,3-4H3/t16-/m1/s1. The molecule has 0 saturated carbocycles. The van der Waals surface area contributed by atoms with Crippen molar-refractivity contribution in [3.05, 3.63) is 54.1 Å². The largest absolute Gasteiger partial charge is 0.492 e. The molecule has 0 amide bonds. The molecule has 0 saturated heterocycles. The first-order valence-electron chi connectivity index (χ1n) is 7.66. The smallest absolute Gasteiger partial charge is 0.423 e. The van der Waals surface area contributed by atoms with E-state index in [9.17, 15) is 18.2 Å². The Balaban J connectivity index is 1.98. The van der Waals surface area contributed by atoms with Crippen LogP contribution in [0.15, 0.2) is 48.2 Å². The molecule has 2 aliphatic rings. The molecule has 2 aliphatic heterocycles. The minimum Gasteiger partial charge on any atom is -0.423 e. The first-order chi connectivity index (χ1) is 11.5. The molecule has 1 aromatic carbocycles. The lowest BCUT2D eigenvalue weighted by atomic mass is 9.77. The number of benzene rings is 1. The molecule has 2 heterocycles. The van der Waals surface area contributed by atoms with Crippen molar-refractivity contribution in [1.29, 1.82) is 0 Å². The van der Waals surface area contributed by atoms with Crippen LogP contribution in [0.3, 0.4) is 0 Å². The van der Waals surface area contributed by atoms with Crippen molar-refractivity contribution in [3.8, 4) is 0 Å². The van der Waals surface area contributed by atoms with E-state index < -0.39 is 30.9 Å². The maximum atomic E-state index is 13.6. The van der Waals surface area contributed by atoms with Crippen molar-refractivity contribution in [2.45, 2.75) is 37.6 Å². The van der Waals surface area contributed by atoms with Crippen LogP contribution in [0.1, 0.15) is 31.4 Å². The van der Waals surface area contributed by atoms with E-state index >= 15 is 0 Å². The Morgan fingerprint density at radius 1 is 1.40 bits per heavy atom. The molecule has 1 N–H and O–H groups in total. The minimum atomic E-state index is -4.68. The van der Waals surface area contributed by atoms with Crippen molar-refractivity contribution in [3.63, 3.8) is 0 Å². The fourth-order valence-corrected chi connectivity index (χ4v) is 3.14. The second-order valence-corrected chi connectivity index (χ2v) is 6.64. The van der Waals surface area contributed by atoms with E-state index in [1.807, 2.05) is 0 Å². The normalized spacial score (nSPS) is 24.6. The zero-order chi connectivity index (χ0) is 18.6. The highest BCUT2D eigenvalue weighted by Crippen LogP contribution is 2.46. The molecule has 8 heteroatoms. The highest BCUT2D eigenvalue weighted by molar-refractivity contribution is 6.62. The zero-order valence-electron chi connectivity index (χ0n) is 13.9. The van der Waals surface area contributed by atoms with Gasteiger partial charge in [0.1, 0.15) is 0 Å². The molecular weight excluding hydrogens is 334 g/mol. The molecule has 0 unspecified atom stereocenters. The Kier molecular flexibility index (Phi) is 3.89.